The number of rotatable bonds is 6. The summed E-state index contributed by atoms with van der Waals surface area (Å²) in [4.78, 5) is 20.7. The van der Waals surface area contributed by atoms with Crippen LogP contribution in [0.1, 0.15) is 37.2 Å². The fourth-order valence-corrected chi connectivity index (χ4v) is 2.44. The highest BCUT2D eigenvalue weighted by molar-refractivity contribution is 5.75. The molecule has 0 amide bonds. The van der Waals surface area contributed by atoms with Crippen LogP contribution in [-0.4, -0.2) is 39.5 Å². The van der Waals surface area contributed by atoms with E-state index in [9.17, 15) is 4.79 Å². The van der Waals surface area contributed by atoms with Gasteiger partial charge in [-0.3, -0.25) is 9.69 Å². The van der Waals surface area contributed by atoms with Crippen LogP contribution in [0.25, 0.3) is 11.0 Å². The largest absolute Gasteiger partial charge is 0.481 e. The molecule has 2 rings (SSSR count). The predicted molar refractivity (Wildman–Crippen MR) is 78.7 cm³/mol. The van der Waals surface area contributed by atoms with E-state index in [1.807, 2.05) is 24.1 Å². The summed E-state index contributed by atoms with van der Waals surface area (Å²) in [5, 5.41) is 8.78. The molecule has 0 fully saturated rings. The predicted octanol–water partition coefficient (Wildman–Crippen LogP) is 2.73. The molecule has 0 radical (unpaired) electrons. The summed E-state index contributed by atoms with van der Waals surface area (Å²) in [6.45, 7) is 4.65. The Kier molecular flexibility index (Phi) is 4.39. The number of fused-ring (bicyclic) bond motifs is 1. The Morgan fingerprint density at radius 2 is 2.25 bits per heavy atom. The van der Waals surface area contributed by atoms with Gasteiger partial charge in [0.05, 0.1) is 23.5 Å². The van der Waals surface area contributed by atoms with E-state index in [-0.39, 0.29) is 12.5 Å². The van der Waals surface area contributed by atoms with E-state index >= 15 is 0 Å². The number of imidazole rings is 1. The summed E-state index contributed by atoms with van der Waals surface area (Å²) in [6.07, 6.45) is 1.03. The van der Waals surface area contributed by atoms with Crippen LogP contribution in [-0.2, 0) is 4.79 Å². The molecule has 1 aromatic carbocycles. The second kappa shape index (κ2) is 6.05. The molecule has 0 saturated heterocycles. The monoisotopic (exact) mass is 275 g/mol. The number of H-pyrrole nitrogens is 1. The summed E-state index contributed by atoms with van der Waals surface area (Å²) in [5.41, 5.74) is 3.18. The second-order valence-electron chi connectivity index (χ2n) is 5.19. The number of carboxylic acids is 1. The normalized spacial score (nSPS) is 13.0. The number of nitrogens with zero attached hydrogens (tertiary/aromatic N) is 2. The minimum Gasteiger partial charge on any atom is -0.481 e. The third kappa shape index (κ3) is 3.17. The van der Waals surface area contributed by atoms with E-state index in [2.05, 4.69) is 29.9 Å². The molecule has 0 aliphatic rings. The maximum absolute atomic E-state index is 10.7. The van der Waals surface area contributed by atoms with E-state index in [4.69, 9.17) is 5.11 Å². The maximum Gasteiger partial charge on any atom is 0.304 e. The molecule has 1 unspecified atom stereocenters. The van der Waals surface area contributed by atoms with Gasteiger partial charge in [-0.1, -0.05) is 13.0 Å². The lowest BCUT2D eigenvalue weighted by Gasteiger charge is -2.24. The molecular weight excluding hydrogens is 254 g/mol. The van der Waals surface area contributed by atoms with Gasteiger partial charge >= 0.3 is 5.97 Å². The van der Waals surface area contributed by atoms with Gasteiger partial charge in [-0.05, 0) is 38.1 Å². The smallest absolute Gasteiger partial charge is 0.304 e. The third-order valence-electron chi connectivity index (χ3n) is 3.57. The van der Waals surface area contributed by atoms with Gasteiger partial charge in [0.15, 0.2) is 0 Å². The van der Waals surface area contributed by atoms with Crippen molar-refractivity contribution in [2.24, 2.45) is 0 Å². The van der Waals surface area contributed by atoms with Crippen molar-refractivity contribution in [3.63, 3.8) is 0 Å². The van der Waals surface area contributed by atoms with E-state index in [0.717, 1.165) is 23.3 Å². The van der Waals surface area contributed by atoms with E-state index in [1.165, 1.54) is 5.56 Å². The molecule has 1 heterocycles. The van der Waals surface area contributed by atoms with Gasteiger partial charge in [0.1, 0.15) is 5.82 Å². The number of carbonyl (C=O) groups is 1. The van der Waals surface area contributed by atoms with Crippen molar-refractivity contribution in [1.82, 2.24) is 14.9 Å². The lowest BCUT2D eigenvalue weighted by molar-refractivity contribution is -0.137. The molecule has 108 valence electrons. The molecule has 1 atom stereocenters. The zero-order valence-corrected chi connectivity index (χ0v) is 12.2. The number of nitrogens with one attached hydrogen (secondary N) is 1. The Bertz CT molecular complexity index is 606. The first-order valence-corrected chi connectivity index (χ1v) is 6.89. The minimum atomic E-state index is -0.771. The Labute approximate surface area is 118 Å². The SMILES string of the molecule is CCC(c1nc2ccc(C)cc2[nH]1)N(C)CCC(=O)O. The average Bonchev–Trinajstić information content (AvgIpc) is 2.79. The van der Waals surface area contributed by atoms with Gasteiger partial charge in [0.25, 0.3) is 0 Å². The van der Waals surface area contributed by atoms with E-state index in [1.54, 1.807) is 0 Å². The van der Waals surface area contributed by atoms with Crippen molar-refractivity contribution in [3.8, 4) is 0 Å². The van der Waals surface area contributed by atoms with E-state index < -0.39 is 5.97 Å². The van der Waals surface area contributed by atoms with Crippen molar-refractivity contribution < 1.29 is 9.90 Å². The molecule has 1 aromatic heterocycles. The molecule has 0 bridgehead atoms. The highest BCUT2D eigenvalue weighted by atomic mass is 16.4. The first-order valence-electron chi connectivity index (χ1n) is 6.89. The van der Waals surface area contributed by atoms with Crippen LogP contribution in [0.3, 0.4) is 0 Å². The standard InChI is InChI=1S/C15H21N3O2/c1-4-13(18(3)8-7-14(19)20)15-16-11-6-5-10(2)9-12(11)17-15/h5-6,9,13H,4,7-8H2,1-3H3,(H,16,17)(H,19,20). The van der Waals surface area contributed by atoms with Gasteiger partial charge < -0.3 is 10.1 Å². The number of hydrogen-bond acceptors (Lipinski definition) is 3. The minimum absolute atomic E-state index is 0.113. The van der Waals surface area contributed by atoms with Crippen molar-refractivity contribution in [1.29, 1.82) is 0 Å². The number of aliphatic carboxylic acids is 1. The lowest BCUT2D eigenvalue weighted by Crippen LogP contribution is -2.27. The molecule has 0 spiro atoms. The van der Waals surface area contributed by atoms with Crippen LogP contribution >= 0.6 is 0 Å². The molecule has 0 saturated carbocycles. The Morgan fingerprint density at radius 1 is 1.50 bits per heavy atom. The Balaban J connectivity index is 2.22. The number of carboxylic acid groups (broad SMARTS) is 1. The Morgan fingerprint density at radius 3 is 2.90 bits per heavy atom. The average molecular weight is 275 g/mol. The molecular formula is C15H21N3O2. The van der Waals surface area contributed by atoms with Crippen LogP contribution in [0, 0.1) is 6.92 Å². The molecule has 0 aliphatic heterocycles. The summed E-state index contributed by atoms with van der Waals surface area (Å²) in [6, 6.07) is 6.24. The van der Waals surface area contributed by atoms with Crippen molar-refractivity contribution in [2.45, 2.75) is 32.7 Å². The maximum atomic E-state index is 10.7. The quantitative estimate of drug-likeness (QED) is 0.850. The van der Waals surface area contributed by atoms with Crippen molar-refractivity contribution >= 4 is 17.0 Å². The van der Waals surface area contributed by atoms with Crippen LogP contribution in [0.2, 0.25) is 0 Å². The molecule has 2 N–H and O–H groups in total. The van der Waals surface area contributed by atoms with Gasteiger partial charge in [0.2, 0.25) is 0 Å². The number of hydrogen-bond donors (Lipinski definition) is 2. The summed E-state index contributed by atoms with van der Waals surface area (Å²) in [7, 11) is 1.94. The molecule has 2 aromatic rings. The molecule has 5 heteroatoms. The number of benzene rings is 1. The summed E-state index contributed by atoms with van der Waals surface area (Å²) < 4.78 is 0. The summed E-state index contributed by atoms with van der Waals surface area (Å²) >= 11 is 0. The van der Waals surface area contributed by atoms with Gasteiger partial charge in [-0.15, -0.1) is 0 Å². The lowest BCUT2D eigenvalue weighted by atomic mass is 10.2. The zero-order chi connectivity index (χ0) is 14.7. The summed E-state index contributed by atoms with van der Waals surface area (Å²) in [5.74, 6) is 0.132. The van der Waals surface area contributed by atoms with Crippen LogP contribution < -0.4 is 0 Å². The fraction of sp³-hybridized carbons (Fsp3) is 0.467. The topological polar surface area (TPSA) is 69.2 Å². The first kappa shape index (κ1) is 14.5. The highest BCUT2D eigenvalue weighted by Crippen LogP contribution is 2.23. The molecule has 5 nitrogen and oxygen atoms in total. The fourth-order valence-electron chi connectivity index (χ4n) is 2.44. The van der Waals surface area contributed by atoms with Crippen molar-refractivity contribution in [2.75, 3.05) is 13.6 Å². The van der Waals surface area contributed by atoms with Gasteiger partial charge in [0, 0.05) is 6.54 Å². The zero-order valence-electron chi connectivity index (χ0n) is 12.2. The highest BCUT2D eigenvalue weighted by Gasteiger charge is 2.19. The Hall–Kier alpha value is -1.88. The molecule has 20 heavy (non-hydrogen) atoms. The molecule has 0 aliphatic carbocycles. The van der Waals surface area contributed by atoms with Crippen molar-refractivity contribution in [3.05, 3.63) is 29.6 Å². The second-order valence-corrected chi connectivity index (χ2v) is 5.19. The van der Waals surface area contributed by atoms with Crippen LogP contribution in [0.5, 0.6) is 0 Å². The number of aryl methyl sites for hydroxylation is 1. The number of aromatic amines is 1. The van der Waals surface area contributed by atoms with Crippen LogP contribution in [0.4, 0.5) is 0 Å². The van der Waals surface area contributed by atoms with Gasteiger partial charge in [-0.2, -0.15) is 0 Å². The van der Waals surface area contributed by atoms with Crippen LogP contribution in [0.15, 0.2) is 18.2 Å². The third-order valence-corrected chi connectivity index (χ3v) is 3.57. The van der Waals surface area contributed by atoms with Gasteiger partial charge in [-0.25, -0.2) is 4.98 Å². The van der Waals surface area contributed by atoms with E-state index in [0.29, 0.717) is 6.54 Å². The first-order chi connectivity index (χ1) is 9.51. The number of aromatic nitrogens is 2.